The molecular formula is C21H21NO2S2. The van der Waals surface area contributed by atoms with Gasteiger partial charge in [-0.15, -0.1) is 22.7 Å². The summed E-state index contributed by atoms with van der Waals surface area (Å²) in [5.41, 5.74) is 3.66. The highest BCUT2D eigenvalue weighted by molar-refractivity contribution is 7.10. The molecule has 0 N–H and O–H groups in total. The average molecular weight is 384 g/mol. The van der Waals surface area contributed by atoms with Crippen LogP contribution in [0.15, 0.2) is 47.2 Å². The van der Waals surface area contributed by atoms with Crippen molar-refractivity contribution < 1.29 is 9.53 Å². The second-order valence-electron chi connectivity index (χ2n) is 6.59. The molecule has 0 radical (unpaired) electrons. The summed E-state index contributed by atoms with van der Waals surface area (Å²) in [4.78, 5) is 17.5. The third-order valence-electron chi connectivity index (χ3n) is 4.94. The molecule has 2 aromatic heterocycles. The van der Waals surface area contributed by atoms with Gasteiger partial charge in [-0.25, -0.2) is 0 Å². The zero-order chi connectivity index (χ0) is 18.1. The third-order valence-corrected chi connectivity index (χ3v) is 6.86. The molecule has 0 bridgehead atoms. The van der Waals surface area contributed by atoms with Gasteiger partial charge in [0.15, 0.2) is 6.61 Å². The number of fused-ring (bicyclic) bond motifs is 1. The summed E-state index contributed by atoms with van der Waals surface area (Å²) in [6, 6.07) is 12.3. The molecule has 1 aliphatic heterocycles. The van der Waals surface area contributed by atoms with E-state index in [0.29, 0.717) is 0 Å². The molecule has 5 heteroatoms. The third kappa shape index (κ3) is 3.29. The van der Waals surface area contributed by atoms with E-state index in [2.05, 4.69) is 42.8 Å². The number of aryl methyl sites for hydroxylation is 2. The van der Waals surface area contributed by atoms with Crippen LogP contribution in [0.5, 0.6) is 5.75 Å². The minimum atomic E-state index is 0.0147. The molecule has 0 fully saturated rings. The summed E-state index contributed by atoms with van der Waals surface area (Å²) in [5.74, 6) is 0.792. The van der Waals surface area contributed by atoms with E-state index in [0.717, 1.165) is 18.7 Å². The first-order chi connectivity index (χ1) is 12.6. The summed E-state index contributed by atoms with van der Waals surface area (Å²) < 4.78 is 5.81. The Labute approximate surface area is 161 Å². The van der Waals surface area contributed by atoms with Gasteiger partial charge in [0.1, 0.15) is 5.75 Å². The molecule has 3 nitrogen and oxygen atoms in total. The molecule has 3 aromatic rings. The zero-order valence-electron chi connectivity index (χ0n) is 14.9. The summed E-state index contributed by atoms with van der Waals surface area (Å²) in [6.07, 6.45) is 0.921. The highest BCUT2D eigenvalue weighted by Crippen LogP contribution is 2.39. The number of amides is 1. The number of rotatable bonds is 4. The second-order valence-corrected chi connectivity index (χ2v) is 8.57. The Morgan fingerprint density at radius 1 is 1.15 bits per heavy atom. The minimum absolute atomic E-state index is 0.0147. The van der Waals surface area contributed by atoms with Crippen molar-refractivity contribution in [3.8, 4) is 5.75 Å². The van der Waals surface area contributed by atoms with Crippen molar-refractivity contribution in [2.75, 3.05) is 13.2 Å². The molecule has 134 valence electrons. The van der Waals surface area contributed by atoms with E-state index in [9.17, 15) is 4.79 Å². The van der Waals surface area contributed by atoms with Crippen molar-refractivity contribution in [3.05, 3.63) is 73.6 Å². The first-order valence-electron chi connectivity index (χ1n) is 8.72. The first kappa shape index (κ1) is 17.3. The second kappa shape index (κ2) is 7.25. The SMILES string of the molecule is Cc1ccc(OCC(=O)N2CCc3sccc3C2c2cccs2)cc1C. The lowest BCUT2D eigenvalue weighted by Gasteiger charge is -2.35. The van der Waals surface area contributed by atoms with Crippen LogP contribution in [-0.2, 0) is 11.2 Å². The van der Waals surface area contributed by atoms with Crippen LogP contribution in [-0.4, -0.2) is 24.0 Å². The van der Waals surface area contributed by atoms with Crippen molar-refractivity contribution in [1.82, 2.24) is 4.90 Å². The van der Waals surface area contributed by atoms with Gasteiger partial charge < -0.3 is 9.64 Å². The van der Waals surface area contributed by atoms with E-state index in [1.807, 2.05) is 23.1 Å². The summed E-state index contributed by atoms with van der Waals surface area (Å²) in [5, 5.41) is 4.20. The standard InChI is InChI=1S/C21H21NO2S2/c1-14-5-6-16(12-15(14)2)24-13-20(23)22-9-7-18-17(8-11-26-18)21(22)19-4-3-10-25-19/h3-6,8,10-12,21H,7,9,13H2,1-2H3. The maximum atomic E-state index is 13.0. The number of ether oxygens (including phenoxy) is 1. The van der Waals surface area contributed by atoms with Crippen molar-refractivity contribution in [2.24, 2.45) is 0 Å². The van der Waals surface area contributed by atoms with E-state index < -0.39 is 0 Å². The van der Waals surface area contributed by atoms with Crippen LogP contribution < -0.4 is 4.74 Å². The maximum absolute atomic E-state index is 13.0. The van der Waals surface area contributed by atoms with E-state index >= 15 is 0 Å². The van der Waals surface area contributed by atoms with Crippen LogP contribution in [0.1, 0.15) is 32.5 Å². The van der Waals surface area contributed by atoms with E-state index in [1.165, 1.54) is 26.4 Å². The predicted molar refractivity (Wildman–Crippen MR) is 107 cm³/mol. The molecule has 0 spiro atoms. The quantitative estimate of drug-likeness (QED) is 0.636. The zero-order valence-corrected chi connectivity index (χ0v) is 16.5. The van der Waals surface area contributed by atoms with Gasteiger partial charge in [0, 0.05) is 16.3 Å². The topological polar surface area (TPSA) is 29.5 Å². The molecule has 1 amide bonds. The lowest BCUT2D eigenvalue weighted by Crippen LogP contribution is -2.42. The molecule has 1 aromatic carbocycles. The Kier molecular flexibility index (Phi) is 4.83. The number of hydrogen-bond acceptors (Lipinski definition) is 4. The molecule has 0 saturated carbocycles. The molecule has 0 aliphatic carbocycles. The van der Waals surface area contributed by atoms with Crippen LogP contribution in [0, 0.1) is 13.8 Å². The fourth-order valence-corrected chi connectivity index (χ4v) is 5.13. The van der Waals surface area contributed by atoms with Crippen LogP contribution in [0.4, 0.5) is 0 Å². The Bertz CT molecular complexity index is 914. The van der Waals surface area contributed by atoms with Gasteiger partial charge in [0.05, 0.1) is 6.04 Å². The number of hydrogen-bond donors (Lipinski definition) is 0. The molecule has 4 rings (SSSR count). The van der Waals surface area contributed by atoms with E-state index in [-0.39, 0.29) is 18.6 Å². The molecule has 3 heterocycles. The Balaban J connectivity index is 1.53. The first-order valence-corrected chi connectivity index (χ1v) is 10.5. The van der Waals surface area contributed by atoms with E-state index in [4.69, 9.17) is 4.74 Å². The number of benzene rings is 1. The summed E-state index contributed by atoms with van der Waals surface area (Å²) >= 11 is 3.49. The van der Waals surface area contributed by atoms with Gasteiger partial charge in [0.2, 0.25) is 0 Å². The van der Waals surface area contributed by atoms with Gasteiger partial charge >= 0.3 is 0 Å². The van der Waals surface area contributed by atoms with Crippen LogP contribution in [0.2, 0.25) is 0 Å². The van der Waals surface area contributed by atoms with Crippen LogP contribution in [0.3, 0.4) is 0 Å². The van der Waals surface area contributed by atoms with Gasteiger partial charge in [-0.05, 0) is 72.0 Å². The van der Waals surface area contributed by atoms with Crippen molar-refractivity contribution in [1.29, 1.82) is 0 Å². The molecule has 1 unspecified atom stereocenters. The molecule has 1 atom stereocenters. The van der Waals surface area contributed by atoms with Gasteiger partial charge in [-0.1, -0.05) is 12.1 Å². The smallest absolute Gasteiger partial charge is 0.261 e. The Morgan fingerprint density at radius 3 is 2.81 bits per heavy atom. The van der Waals surface area contributed by atoms with Crippen molar-refractivity contribution >= 4 is 28.6 Å². The fraction of sp³-hybridized carbons (Fsp3) is 0.286. The number of thiophene rings is 2. The van der Waals surface area contributed by atoms with Crippen LogP contribution >= 0.6 is 22.7 Å². The minimum Gasteiger partial charge on any atom is -0.484 e. The average Bonchev–Trinajstić information content (AvgIpc) is 3.33. The van der Waals surface area contributed by atoms with Gasteiger partial charge in [-0.2, -0.15) is 0 Å². The van der Waals surface area contributed by atoms with Crippen molar-refractivity contribution in [3.63, 3.8) is 0 Å². The van der Waals surface area contributed by atoms with Crippen LogP contribution in [0.25, 0.3) is 0 Å². The molecular weight excluding hydrogens is 362 g/mol. The van der Waals surface area contributed by atoms with Gasteiger partial charge in [0.25, 0.3) is 5.91 Å². The van der Waals surface area contributed by atoms with Gasteiger partial charge in [-0.3, -0.25) is 4.79 Å². The molecule has 0 saturated heterocycles. The fourth-order valence-electron chi connectivity index (χ4n) is 3.37. The highest BCUT2D eigenvalue weighted by atomic mass is 32.1. The number of carbonyl (C=O) groups excluding carboxylic acids is 1. The lowest BCUT2D eigenvalue weighted by molar-refractivity contribution is -0.135. The maximum Gasteiger partial charge on any atom is 0.261 e. The Hall–Kier alpha value is -2.11. The molecule has 1 aliphatic rings. The monoisotopic (exact) mass is 383 g/mol. The van der Waals surface area contributed by atoms with Crippen molar-refractivity contribution in [2.45, 2.75) is 26.3 Å². The summed E-state index contributed by atoms with van der Waals surface area (Å²) in [7, 11) is 0. The summed E-state index contributed by atoms with van der Waals surface area (Å²) in [6.45, 7) is 4.94. The normalized spacial score (nSPS) is 16.4. The highest BCUT2D eigenvalue weighted by Gasteiger charge is 2.33. The lowest BCUT2D eigenvalue weighted by atomic mass is 9.98. The van der Waals surface area contributed by atoms with E-state index in [1.54, 1.807) is 22.7 Å². The Morgan fingerprint density at radius 2 is 2.04 bits per heavy atom. The molecule has 26 heavy (non-hydrogen) atoms. The number of carbonyl (C=O) groups is 1. The number of nitrogens with zero attached hydrogens (tertiary/aromatic N) is 1. The predicted octanol–water partition coefficient (Wildman–Crippen LogP) is 4.98. The largest absolute Gasteiger partial charge is 0.484 e.